The Morgan fingerprint density at radius 3 is 2.54 bits per heavy atom. The maximum Gasteiger partial charge on any atom is 0.287 e. The van der Waals surface area contributed by atoms with Gasteiger partial charge in [-0.05, 0) is 19.1 Å². The van der Waals surface area contributed by atoms with E-state index in [2.05, 4.69) is 5.32 Å². The first kappa shape index (κ1) is 18.0. The van der Waals surface area contributed by atoms with E-state index in [1.54, 1.807) is 20.3 Å². The summed E-state index contributed by atoms with van der Waals surface area (Å²) in [5.41, 5.74) is 1.67. The molecule has 0 bridgehead atoms. The third-order valence-corrected chi connectivity index (χ3v) is 3.73. The zero-order valence-corrected chi connectivity index (χ0v) is 14.4. The Balaban J connectivity index is 2.17. The van der Waals surface area contributed by atoms with Gasteiger partial charge in [-0.15, -0.1) is 0 Å². The normalized spacial score (nSPS) is 13.1. The number of ether oxygens (including phenoxy) is 2. The van der Waals surface area contributed by atoms with E-state index >= 15 is 0 Å². The highest BCUT2D eigenvalue weighted by Crippen LogP contribution is 2.18. The molecule has 2 rings (SSSR count). The topological polar surface area (TPSA) is 64.2 Å². The summed E-state index contributed by atoms with van der Waals surface area (Å²) in [6.45, 7) is 2.62. The second kappa shape index (κ2) is 9.05. The average molecular weight is 329 g/mol. The summed E-state index contributed by atoms with van der Waals surface area (Å²) in [6, 6.07) is 16.9. The monoisotopic (exact) mass is 329 g/mol. The molecule has 0 aliphatic carbocycles. The number of benzene rings is 2. The molecule has 2 aromatic rings. The van der Waals surface area contributed by atoms with Crippen LogP contribution in [0.15, 0.2) is 54.6 Å². The highest BCUT2D eigenvalue weighted by atomic mass is 16.5. The Bertz CT molecular complexity index is 646. The van der Waals surface area contributed by atoms with Crippen molar-refractivity contribution in [2.45, 2.75) is 19.0 Å². The van der Waals surface area contributed by atoms with E-state index in [1.807, 2.05) is 60.8 Å². The van der Waals surface area contributed by atoms with Crippen LogP contribution in [-0.2, 0) is 9.53 Å². The molecule has 5 nitrogen and oxygen atoms in total. The molecule has 3 N–H and O–H groups in total. The Labute approximate surface area is 143 Å². The van der Waals surface area contributed by atoms with Gasteiger partial charge in [0.2, 0.25) is 0 Å². The van der Waals surface area contributed by atoms with Crippen molar-refractivity contribution in [3.63, 3.8) is 0 Å². The minimum atomic E-state index is -0.345. The summed E-state index contributed by atoms with van der Waals surface area (Å²) in [5, 5.41) is 4.99. The van der Waals surface area contributed by atoms with Crippen molar-refractivity contribution in [2.24, 2.45) is 0 Å². The van der Waals surface area contributed by atoms with Crippen molar-refractivity contribution in [3.05, 3.63) is 60.2 Å². The molecule has 2 atom stereocenters. The van der Waals surface area contributed by atoms with Crippen LogP contribution in [-0.4, -0.2) is 32.8 Å². The van der Waals surface area contributed by atoms with Gasteiger partial charge in [0.25, 0.3) is 5.91 Å². The quantitative estimate of drug-likeness (QED) is 0.778. The Hall–Kier alpha value is -2.37. The second-order valence-corrected chi connectivity index (χ2v) is 5.73. The van der Waals surface area contributed by atoms with Gasteiger partial charge in [0.05, 0.1) is 13.7 Å². The molecule has 128 valence electrons. The molecule has 24 heavy (non-hydrogen) atoms. The molecule has 0 heterocycles. The molecule has 0 aliphatic heterocycles. The molecule has 0 radical (unpaired) electrons. The van der Waals surface area contributed by atoms with Gasteiger partial charge >= 0.3 is 0 Å². The lowest BCUT2D eigenvalue weighted by Gasteiger charge is -2.20. The molecular weight excluding hydrogens is 304 g/mol. The largest absolute Gasteiger partial charge is 0.497 e. The molecule has 0 aromatic heterocycles. The lowest BCUT2D eigenvalue weighted by molar-refractivity contribution is -0.713. The number of nitrogens with two attached hydrogens (primary N) is 1. The van der Waals surface area contributed by atoms with Gasteiger partial charge in [0, 0.05) is 24.4 Å². The SMILES string of the molecule is COC[C@@H](C)[NH2+][C@H](C(=O)Nc1cccc(OC)c1)c1ccccc1. The van der Waals surface area contributed by atoms with Crippen LogP contribution in [0.2, 0.25) is 0 Å². The average Bonchev–Trinajstić information content (AvgIpc) is 2.60. The smallest absolute Gasteiger partial charge is 0.287 e. The zero-order valence-electron chi connectivity index (χ0n) is 14.4. The lowest BCUT2D eigenvalue weighted by Crippen LogP contribution is -2.92. The van der Waals surface area contributed by atoms with Crippen LogP contribution in [0.5, 0.6) is 5.75 Å². The van der Waals surface area contributed by atoms with Gasteiger partial charge in [-0.2, -0.15) is 0 Å². The molecule has 2 aromatic carbocycles. The highest BCUT2D eigenvalue weighted by molar-refractivity contribution is 5.94. The van der Waals surface area contributed by atoms with Crippen LogP contribution < -0.4 is 15.4 Å². The number of carbonyl (C=O) groups excluding carboxylic acids is 1. The van der Waals surface area contributed by atoms with E-state index in [-0.39, 0.29) is 18.0 Å². The zero-order chi connectivity index (χ0) is 17.4. The van der Waals surface area contributed by atoms with E-state index in [9.17, 15) is 4.79 Å². The number of carbonyl (C=O) groups is 1. The van der Waals surface area contributed by atoms with Crippen molar-refractivity contribution in [2.75, 3.05) is 26.1 Å². The van der Waals surface area contributed by atoms with E-state index in [1.165, 1.54) is 0 Å². The summed E-state index contributed by atoms with van der Waals surface area (Å²) in [6.07, 6.45) is 0. The first-order valence-electron chi connectivity index (χ1n) is 7.98. The van der Waals surface area contributed by atoms with E-state index in [0.29, 0.717) is 18.0 Å². The summed E-state index contributed by atoms with van der Waals surface area (Å²) < 4.78 is 10.4. The van der Waals surface area contributed by atoms with Gasteiger partial charge in [0.1, 0.15) is 11.8 Å². The van der Waals surface area contributed by atoms with E-state index in [0.717, 1.165) is 5.56 Å². The summed E-state index contributed by atoms with van der Waals surface area (Å²) in [5.74, 6) is 0.637. The Morgan fingerprint density at radius 2 is 1.88 bits per heavy atom. The van der Waals surface area contributed by atoms with E-state index < -0.39 is 0 Å². The third kappa shape index (κ3) is 5.08. The molecule has 0 spiro atoms. The van der Waals surface area contributed by atoms with Crippen LogP contribution >= 0.6 is 0 Å². The molecule has 0 aliphatic rings. The van der Waals surface area contributed by atoms with Crippen LogP contribution in [0.1, 0.15) is 18.5 Å². The molecule has 0 saturated heterocycles. The third-order valence-electron chi connectivity index (χ3n) is 3.73. The molecule has 0 fully saturated rings. The van der Waals surface area contributed by atoms with Crippen LogP contribution in [0, 0.1) is 0 Å². The minimum absolute atomic E-state index is 0.0718. The minimum Gasteiger partial charge on any atom is -0.497 e. The summed E-state index contributed by atoms with van der Waals surface area (Å²) >= 11 is 0. The number of rotatable bonds is 8. The predicted molar refractivity (Wildman–Crippen MR) is 94.1 cm³/mol. The number of nitrogens with one attached hydrogen (secondary N) is 1. The first-order valence-corrected chi connectivity index (χ1v) is 7.98. The lowest BCUT2D eigenvalue weighted by atomic mass is 10.0. The predicted octanol–water partition coefficient (Wildman–Crippen LogP) is 1.97. The van der Waals surface area contributed by atoms with E-state index in [4.69, 9.17) is 9.47 Å². The van der Waals surface area contributed by atoms with Gasteiger partial charge in [0.15, 0.2) is 6.04 Å². The van der Waals surface area contributed by atoms with Crippen molar-refractivity contribution < 1.29 is 19.6 Å². The van der Waals surface area contributed by atoms with Crippen molar-refractivity contribution in [1.29, 1.82) is 0 Å². The number of hydrogen-bond donors (Lipinski definition) is 2. The molecule has 0 saturated carbocycles. The van der Waals surface area contributed by atoms with Crippen molar-refractivity contribution >= 4 is 11.6 Å². The second-order valence-electron chi connectivity index (χ2n) is 5.73. The van der Waals surface area contributed by atoms with Crippen LogP contribution in [0.4, 0.5) is 5.69 Å². The number of hydrogen-bond acceptors (Lipinski definition) is 3. The van der Waals surface area contributed by atoms with Crippen LogP contribution in [0.25, 0.3) is 0 Å². The summed E-state index contributed by atoms with van der Waals surface area (Å²) in [4.78, 5) is 12.8. The fourth-order valence-electron chi connectivity index (χ4n) is 2.58. The Morgan fingerprint density at radius 1 is 1.12 bits per heavy atom. The highest BCUT2D eigenvalue weighted by Gasteiger charge is 2.26. The van der Waals surface area contributed by atoms with Crippen molar-refractivity contribution in [3.8, 4) is 5.75 Å². The number of amides is 1. The van der Waals surface area contributed by atoms with Gasteiger partial charge in [-0.3, -0.25) is 4.79 Å². The maximum absolute atomic E-state index is 12.8. The standard InChI is InChI=1S/C19H24N2O3/c1-14(13-23-2)20-18(15-8-5-4-6-9-15)19(22)21-16-10-7-11-17(12-16)24-3/h4-12,14,18,20H,13H2,1-3H3,(H,21,22)/p+1/t14-,18+/m1/s1. The number of anilines is 1. The number of methoxy groups -OCH3 is 2. The van der Waals surface area contributed by atoms with Gasteiger partial charge < -0.3 is 20.1 Å². The Kier molecular flexibility index (Phi) is 6.78. The van der Waals surface area contributed by atoms with Crippen molar-refractivity contribution in [1.82, 2.24) is 0 Å². The fraction of sp³-hybridized carbons (Fsp3) is 0.316. The molecule has 5 heteroatoms. The van der Waals surface area contributed by atoms with Gasteiger partial charge in [-0.1, -0.05) is 36.4 Å². The van der Waals surface area contributed by atoms with Gasteiger partial charge in [-0.25, -0.2) is 0 Å². The number of quaternary nitrogens is 1. The maximum atomic E-state index is 12.8. The fourth-order valence-corrected chi connectivity index (χ4v) is 2.58. The molecular formula is C19H25N2O3+. The molecule has 1 amide bonds. The molecule has 0 unspecified atom stereocenters. The van der Waals surface area contributed by atoms with Crippen LogP contribution in [0.3, 0.4) is 0 Å². The first-order chi connectivity index (χ1) is 11.6. The summed E-state index contributed by atoms with van der Waals surface area (Å²) in [7, 11) is 3.27.